The van der Waals surface area contributed by atoms with E-state index in [9.17, 15) is 5.11 Å². The largest absolute Gasteiger partial charge is 0.508 e. The summed E-state index contributed by atoms with van der Waals surface area (Å²) >= 11 is 5.84. The number of benzene rings is 1. The summed E-state index contributed by atoms with van der Waals surface area (Å²) in [6.45, 7) is 0.193. The molecule has 0 bridgehead atoms. The van der Waals surface area contributed by atoms with Gasteiger partial charge in [-0.1, -0.05) is 11.6 Å². The van der Waals surface area contributed by atoms with Crippen LogP contribution in [-0.2, 0) is 6.42 Å². The molecule has 1 aliphatic carbocycles. The first-order valence-electron chi connectivity index (χ1n) is 4.73. The van der Waals surface area contributed by atoms with Gasteiger partial charge in [-0.05, 0) is 48.4 Å². The van der Waals surface area contributed by atoms with Crippen molar-refractivity contribution in [1.29, 1.82) is 0 Å². The summed E-state index contributed by atoms with van der Waals surface area (Å²) in [6, 6.07) is 5.04. The van der Waals surface area contributed by atoms with E-state index in [-0.39, 0.29) is 17.8 Å². The van der Waals surface area contributed by atoms with Crippen LogP contribution in [0.25, 0.3) is 0 Å². The first kappa shape index (κ1) is 9.81. The quantitative estimate of drug-likeness (QED) is 0.808. The lowest BCUT2D eigenvalue weighted by atomic mass is 9.97. The Bertz CT molecular complexity index is 345. The van der Waals surface area contributed by atoms with Crippen LogP contribution in [0.15, 0.2) is 18.2 Å². The fraction of sp³-hybridized carbons (Fsp3) is 0.455. The summed E-state index contributed by atoms with van der Waals surface area (Å²) < 4.78 is 0. The second-order valence-corrected chi connectivity index (χ2v) is 4.54. The summed E-state index contributed by atoms with van der Waals surface area (Å²) in [4.78, 5) is 0. The van der Waals surface area contributed by atoms with Crippen molar-refractivity contribution in [3.05, 3.63) is 28.8 Å². The molecule has 14 heavy (non-hydrogen) atoms. The number of aliphatic hydroxyl groups is 1. The van der Waals surface area contributed by atoms with E-state index in [1.165, 1.54) is 0 Å². The van der Waals surface area contributed by atoms with E-state index in [1.807, 2.05) is 0 Å². The van der Waals surface area contributed by atoms with E-state index in [1.54, 1.807) is 18.2 Å². The molecule has 1 fully saturated rings. The summed E-state index contributed by atoms with van der Waals surface area (Å²) in [5, 5.41) is 19.4. The van der Waals surface area contributed by atoms with Crippen LogP contribution in [0.4, 0.5) is 0 Å². The number of hydrogen-bond donors (Lipinski definition) is 2. The Balaban J connectivity index is 2.20. The Morgan fingerprint density at radius 1 is 1.36 bits per heavy atom. The summed E-state index contributed by atoms with van der Waals surface area (Å²) in [5.74, 6) is 0.272. The smallest absolute Gasteiger partial charge is 0.118 e. The van der Waals surface area contributed by atoms with E-state index in [0.29, 0.717) is 5.02 Å². The fourth-order valence-corrected chi connectivity index (χ4v) is 1.86. The second kappa shape index (κ2) is 3.44. The van der Waals surface area contributed by atoms with Crippen molar-refractivity contribution >= 4 is 11.6 Å². The zero-order chi connectivity index (χ0) is 10.2. The van der Waals surface area contributed by atoms with Gasteiger partial charge in [-0.25, -0.2) is 0 Å². The topological polar surface area (TPSA) is 40.5 Å². The highest BCUT2D eigenvalue weighted by Gasteiger charge is 2.42. The Hall–Kier alpha value is -0.730. The van der Waals surface area contributed by atoms with Crippen molar-refractivity contribution < 1.29 is 10.2 Å². The molecular weight excluding hydrogens is 200 g/mol. The fourth-order valence-electron chi connectivity index (χ4n) is 1.67. The Labute approximate surface area is 88.1 Å². The molecule has 2 nitrogen and oxygen atoms in total. The van der Waals surface area contributed by atoms with Crippen LogP contribution in [0.2, 0.25) is 5.02 Å². The zero-order valence-electron chi connectivity index (χ0n) is 7.83. The van der Waals surface area contributed by atoms with Gasteiger partial charge in [-0.2, -0.15) is 0 Å². The standard InChI is InChI=1S/C11H13ClO2/c12-9-1-2-10(14)8(5-9)6-11(7-13)3-4-11/h1-2,5,13-14H,3-4,6-7H2. The molecule has 0 atom stereocenters. The van der Waals surface area contributed by atoms with Crippen LogP contribution in [0.5, 0.6) is 5.75 Å². The molecule has 0 saturated heterocycles. The number of phenols is 1. The van der Waals surface area contributed by atoms with E-state index in [4.69, 9.17) is 16.7 Å². The number of phenolic OH excluding ortho intramolecular Hbond substituents is 1. The third-order valence-corrected chi connectivity index (χ3v) is 3.13. The summed E-state index contributed by atoms with van der Waals surface area (Å²) in [6.07, 6.45) is 2.79. The van der Waals surface area contributed by atoms with Crippen molar-refractivity contribution in [3.8, 4) is 5.75 Å². The number of rotatable bonds is 3. The maximum absolute atomic E-state index is 9.58. The zero-order valence-corrected chi connectivity index (χ0v) is 8.59. The van der Waals surface area contributed by atoms with E-state index < -0.39 is 0 Å². The van der Waals surface area contributed by atoms with Gasteiger partial charge in [0.25, 0.3) is 0 Å². The molecule has 3 heteroatoms. The minimum Gasteiger partial charge on any atom is -0.508 e. The van der Waals surface area contributed by atoms with Gasteiger partial charge in [-0.3, -0.25) is 0 Å². The highest BCUT2D eigenvalue weighted by atomic mass is 35.5. The number of aromatic hydroxyl groups is 1. The molecule has 0 heterocycles. The van der Waals surface area contributed by atoms with E-state index in [0.717, 1.165) is 24.8 Å². The van der Waals surface area contributed by atoms with Gasteiger partial charge in [0.2, 0.25) is 0 Å². The molecule has 0 unspecified atom stereocenters. The molecule has 1 aromatic carbocycles. The molecule has 1 saturated carbocycles. The molecule has 2 N–H and O–H groups in total. The van der Waals surface area contributed by atoms with Crippen LogP contribution in [0, 0.1) is 5.41 Å². The Morgan fingerprint density at radius 3 is 2.64 bits per heavy atom. The number of halogens is 1. The van der Waals surface area contributed by atoms with Crippen molar-refractivity contribution in [2.45, 2.75) is 19.3 Å². The molecular formula is C11H13ClO2. The summed E-state index contributed by atoms with van der Waals surface area (Å²) in [5.41, 5.74) is 0.853. The third kappa shape index (κ3) is 1.86. The van der Waals surface area contributed by atoms with Gasteiger partial charge >= 0.3 is 0 Å². The highest BCUT2D eigenvalue weighted by Crippen LogP contribution is 2.48. The molecule has 2 rings (SSSR count). The van der Waals surface area contributed by atoms with E-state index in [2.05, 4.69) is 0 Å². The number of aliphatic hydroxyl groups excluding tert-OH is 1. The molecule has 1 aliphatic rings. The predicted octanol–water partition coefficient (Wildman–Crippen LogP) is 2.36. The second-order valence-electron chi connectivity index (χ2n) is 4.11. The molecule has 0 radical (unpaired) electrons. The first-order valence-corrected chi connectivity index (χ1v) is 5.11. The Kier molecular flexibility index (Phi) is 2.41. The van der Waals surface area contributed by atoms with Crippen molar-refractivity contribution in [2.24, 2.45) is 5.41 Å². The van der Waals surface area contributed by atoms with Gasteiger partial charge in [0, 0.05) is 11.6 Å². The van der Waals surface area contributed by atoms with Crippen molar-refractivity contribution in [3.63, 3.8) is 0 Å². The van der Waals surface area contributed by atoms with E-state index >= 15 is 0 Å². The lowest BCUT2D eigenvalue weighted by Gasteiger charge is -2.12. The minimum absolute atomic E-state index is 0.0160. The van der Waals surface area contributed by atoms with Gasteiger partial charge in [0.15, 0.2) is 0 Å². The lowest BCUT2D eigenvalue weighted by molar-refractivity contribution is 0.210. The normalized spacial score (nSPS) is 18.1. The first-order chi connectivity index (χ1) is 6.65. The maximum atomic E-state index is 9.58. The molecule has 0 aliphatic heterocycles. The van der Waals surface area contributed by atoms with Gasteiger partial charge in [0.1, 0.15) is 5.75 Å². The van der Waals surface area contributed by atoms with Gasteiger partial charge in [0.05, 0.1) is 0 Å². The average Bonchev–Trinajstić information content (AvgIpc) is 2.92. The number of hydrogen-bond acceptors (Lipinski definition) is 2. The average molecular weight is 213 g/mol. The van der Waals surface area contributed by atoms with Crippen molar-refractivity contribution in [2.75, 3.05) is 6.61 Å². The van der Waals surface area contributed by atoms with Crippen molar-refractivity contribution in [1.82, 2.24) is 0 Å². The van der Waals surface area contributed by atoms with Gasteiger partial charge < -0.3 is 10.2 Å². The van der Waals surface area contributed by atoms with Gasteiger partial charge in [-0.15, -0.1) is 0 Å². The SMILES string of the molecule is OCC1(Cc2cc(Cl)ccc2O)CC1. The van der Waals surface area contributed by atoms with Crippen LogP contribution in [0.3, 0.4) is 0 Å². The predicted molar refractivity (Wildman–Crippen MR) is 55.6 cm³/mol. The molecule has 1 aromatic rings. The highest BCUT2D eigenvalue weighted by molar-refractivity contribution is 6.30. The molecule has 0 amide bonds. The van der Waals surface area contributed by atoms with Crippen LogP contribution in [0.1, 0.15) is 18.4 Å². The molecule has 76 valence electrons. The molecule has 0 aromatic heterocycles. The Morgan fingerprint density at radius 2 is 2.07 bits per heavy atom. The monoisotopic (exact) mass is 212 g/mol. The van der Waals surface area contributed by atoms with Crippen LogP contribution in [-0.4, -0.2) is 16.8 Å². The van der Waals surface area contributed by atoms with Crippen LogP contribution >= 0.6 is 11.6 Å². The lowest BCUT2D eigenvalue weighted by Crippen LogP contribution is -2.10. The van der Waals surface area contributed by atoms with Crippen LogP contribution < -0.4 is 0 Å². The molecule has 0 spiro atoms. The maximum Gasteiger partial charge on any atom is 0.118 e. The summed E-state index contributed by atoms with van der Waals surface area (Å²) in [7, 11) is 0. The minimum atomic E-state index is 0.0160. The third-order valence-electron chi connectivity index (χ3n) is 2.90.